The molecule has 17 heavy (non-hydrogen) atoms. The summed E-state index contributed by atoms with van der Waals surface area (Å²) in [6.45, 7) is 16.9. The second-order valence-electron chi connectivity index (χ2n) is 8.42. The first kappa shape index (κ1) is 13.4. The predicted molar refractivity (Wildman–Crippen MR) is 75.1 cm³/mol. The van der Waals surface area contributed by atoms with Gasteiger partial charge in [-0.3, -0.25) is 0 Å². The van der Waals surface area contributed by atoms with Gasteiger partial charge in [-0.15, -0.1) is 0 Å². The van der Waals surface area contributed by atoms with Gasteiger partial charge in [-0.05, 0) is 48.3 Å². The molecule has 2 aliphatic carbocycles. The molecule has 0 radical (unpaired) electrons. The average molecular weight is 237 g/mol. The van der Waals surface area contributed by atoms with E-state index >= 15 is 0 Å². The zero-order chi connectivity index (χ0) is 13.1. The van der Waals surface area contributed by atoms with E-state index in [-0.39, 0.29) is 0 Å². The summed E-state index contributed by atoms with van der Waals surface area (Å²) < 4.78 is 0. The van der Waals surface area contributed by atoms with E-state index in [1.807, 2.05) is 0 Å². The normalized spacial score (nSPS) is 41.8. The second kappa shape index (κ2) is 3.73. The summed E-state index contributed by atoms with van der Waals surface area (Å²) in [4.78, 5) is 0. The Labute approximate surface area is 108 Å². The minimum absolute atomic E-state index is 0.363. The maximum absolute atomic E-state index is 3.95. The first-order valence-corrected chi connectivity index (χ1v) is 7.35. The molecular weight excluding hydrogens is 206 g/mol. The fraction of sp³-hybridized carbons (Fsp3) is 1.00. The van der Waals surface area contributed by atoms with Crippen LogP contribution in [-0.4, -0.2) is 12.1 Å². The molecule has 100 valence electrons. The molecule has 2 fully saturated rings. The van der Waals surface area contributed by atoms with Gasteiger partial charge in [-0.1, -0.05) is 41.5 Å². The van der Waals surface area contributed by atoms with Gasteiger partial charge in [0.05, 0.1) is 0 Å². The lowest BCUT2D eigenvalue weighted by atomic mass is 9.69. The number of hydrogen-bond acceptors (Lipinski definition) is 1. The van der Waals surface area contributed by atoms with Crippen molar-refractivity contribution < 1.29 is 0 Å². The molecule has 0 spiro atoms. The molecule has 0 aromatic heterocycles. The summed E-state index contributed by atoms with van der Waals surface area (Å²) in [7, 11) is 0. The molecule has 2 saturated carbocycles. The molecule has 0 aliphatic heterocycles. The van der Waals surface area contributed by atoms with E-state index in [0.717, 1.165) is 12.0 Å². The van der Waals surface area contributed by atoms with E-state index in [1.165, 1.54) is 19.3 Å². The smallest absolute Gasteiger partial charge is 0.0132 e. The molecule has 0 saturated heterocycles. The van der Waals surface area contributed by atoms with Gasteiger partial charge in [0.25, 0.3) is 0 Å². The van der Waals surface area contributed by atoms with E-state index < -0.39 is 0 Å². The molecule has 0 heterocycles. The van der Waals surface area contributed by atoms with E-state index in [2.05, 4.69) is 53.8 Å². The quantitative estimate of drug-likeness (QED) is 0.758. The Morgan fingerprint density at radius 2 is 1.76 bits per heavy atom. The summed E-state index contributed by atoms with van der Waals surface area (Å²) in [5, 5.41) is 3.95. The van der Waals surface area contributed by atoms with Crippen LogP contribution in [0.5, 0.6) is 0 Å². The minimum Gasteiger partial charge on any atom is -0.310 e. The van der Waals surface area contributed by atoms with Crippen LogP contribution in [0, 0.1) is 22.2 Å². The molecule has 0 aromatic rings. The Morgan fingerprint density at radius 1 is 1.18 bits per heavy atom. The van der Waals surface area contributed by atoms with Crippen LogP contribution in [-0.2, 0) is 0 Å². The van der Waals surface area contributed by atoms with Crippen molar-refractivity contribution in [1.82, 2.24) is 5.32 Å². The van der Waals surface area contributed by atoms with Gasteiger partial charge in [-0.2, -0.15) is 0 Å². The highest BCUT2D eigenvalue weighted by Gasteiger charge is 2.61. The van der Waals surface area contributed by atoms with Crippen molar-refractivity contribution in [3.8, 4) is 0 Å². The highest BCUT2D eigenvalue weighted by molar-refractivity contribution is 5.13. The molecular formula is C16H31N. The molecule has 4 unspecified atom stereocenters. The predicted octanol–water partition coefficient (Wildman–Crippen LogP) is 4.23. The van der Waals surface area contributed by atoms with Crippen LogP contribution >= 0.6 is 0 Å². The fourth-order valence-electron chi connectivity index (χ4n) is 4.01. The maximum atomic E-state index is 3.95. The lowest BCUT2D eigenvalue weighted by Crippen LogP contribution is -2.51. The van der Waals surface area contributed by atoms with Crippen molar-refractivity contribution in [3.63, 3.8) is 0 Å². The van der Waals surface area contributed by atoms with E-state index in [1.54, 1.807) is 0 Å². The molecule has 2 bridgehead atoms. The van der Waals surface area contributed by atoms with Gasteiger partial charge in [0.15, 0.2) is 0 Å². The monoisotopic (exact) mass is 237 g/mol. The highest BCUT2D eigenvalue weighted by Crippen LogP contribution is 2.65. The third kappa shape index (κ3) is 1.85. The van der Waals surface area contributed by atoms with Gasteiger partial charge < -0.3 is 5.32 Å². The van der Waals surface area contributed by atoms with Crippen LogP contribution in [0.2, 0.25) is 0 Å². The topological polar surface area (TPSA) is 12.0 Å². The largest absolute Gasteiger partial charge is 0.310 e. The average Bonchev–Trinajstić information content (AvgIpc) is 2.49. The number of fused-ring (bicyclic) bond motifs is 2. The van der Waals surface area contributed by atoms with Gasteiger partial charge in [0, 0.05) is 12.1 Å². The third-order valence-corrected chi connectivity index (χ3v) is 6.54. The lowest BCUT2D eigenvalue weighted by Gasteiger charge is -2.42. The molecule has 2 rings (SSSR count). The second-order valence-corrected chi connectivity index (χ2v) is 8.42. The van der Waals surface area contributed by atoms with E-state index in [0.29, 0.717) is 22.3 Å². The van der Waals surface area contributed by atoms with Crippen molar-refractivity contribution in [2.75, 3.05) is 0 Å². The first-order valence-electron chi connectivity index (χ1n) is 7.35. The summed E-state index contributed by atoms with van der Waals surface area (Å²) in [5.41, 5.74) is 1.40. The molecule has 2 aliphatic rings. The van der Waals surface area contributed by atoms with Crippen molar-refractivity contribution in [1.29, 1.82) is 0 Å². The van der Waals surface area contributed by atoms with Gasteiger partial charge >= 0.3 is 0 Å². The van der Waals surface area contributed by atoms with E-state index in [9.17, 15) is 0 Å². The summed E-state index contributed by atoms with van der Waals surface area (Å²) in [6.07, 6.45) is 4.26. The minimum atomic E-state index is 0.363. The number of nitrogens with one attached hydrogen (secondary N) is 1. The van der Waals surface area contributed by atoms with Gasteiger partial charge in [0.2, 0.25) is 0 Å². The van der Waals surface area contributed by atoms with Crippen molar-refractivity contribution >= 4 is 0 Å². The SMILES string of the molecule is CC(NC1CC2CCC1(C)C2(C)C)C(C)(C)C. The summed E-state index contributed by atoms with van der Waals surface area (Å²) >= 11 is 0. The lowest BCUT2D eigenvalue weighted by molar-refractivity contribution is 0.104. The van der Waals surface area contributed by atoms with Crippen LogP contribution in [0.25, 0.3) is 0 Å². The van der Waals surface area contributed by atoms with Crippen molar-refractivity contribution in [3.05, 3.63) is 0 Å². The standard InChI is InChI=1S/C16H31N/c1-11(14(2,3)4)17-13-10-12-8-9-16(13,7)15(12,5)6/h11-13,17H,8-10H2,1-7H3. The van der Waals surface area contributed by atoms with Crippen molar-refractivity contribution in [2.24, 2.45) is 22.2 Å². The highest BCUT2D eigenvalue weighted by atomic mass is 15.0. The zero-order valence-electron chi connectivity index (χ0n) is 12.9. The Hall–Kier alpha value is -0.0400. The summed E-state index contributed by atoms with van der Waals surface area (Å²) in [5.74, 6) is 0.942. The molecule has 1 N–H and O–H groups in total. The Morgan fingerprint density at radius 3 is 2.12 bits per heavy atom. The van der Waals surface area contributed by atoms with Crippen LogP contribution in [0.4, 0.5) is 0 Å². The van der Waals surface area contributed by atoms with Gasteiger partial charge in [0.1, 0.15) is 0 Å². The van der Waals surface area contributed by atoms with Crippen LogP contribution in [0.3, 0.4) is 0 Å². The Kier molecular flexibility index (Phi) is 2.94. The Bertz CT molecular complexity index is 299. The Balaban J connectivity index is 2.11. The molecule has 1 heteroatoms. The molecule has 1 nitrogen and oxygen atoms in total. The van der Waals surface area contributed by atoms with Crippen LogP contribution < -0.4 is 5.32 Å². The van der Waals surface area contributed by atoms with Crippen molar-refractivity contribution in [2.45, 2.75) is 79.8 Å². The van der Waals surface area contributed by atoms with Gasteiger partial charge in [-0.25, -0.2) is 0 Å². The van der Waals surface area contributed by atoms with E-state index in [4.69, 9.17) is 0 Å². The number of hydrogen-bond donors (Lipinski definition) is 1. The molecule has 4 atom stereocenters. The maximum Gasteiger partial charge on any atom is 0.0132 e. The molecule has 0 aromatic carbocycles. The first-order chi connectivity index (χ1) is 7.59. The van der Waals surface area contributed by atoms with Crippen LogP contribution in [0.1, 0.15) is 67.7 Å². The third-order valence-electron chi connectivity index (χ3n) is 6.54. The molecule has 0 amide bonds. The zero-order valence-corrected chi connectivity index (χ0v) is 12.9. The number of rotatable bonds is 2. The fourth-order valence-corrected chi connectivity index (χ4v) is 4.01. The van der Waals surface area contributed by atoms with Crippen LogP contribution in [0.15, 0.2) is 0 Å². The summed E-state index contributed by atoms with van der Waals surface area (Å²) in [6, 6.07) is 1.32.